The molecule has 172 valence electrons. The van der Waals surface area contributed by atoms with Crippen LogP contribution in [0, 0.1) is 5.92 Å². The number of unbranched alkanes of at least 4 members (excludes halogenated alkanes) is 1. The van der Waals surface area contributed by atoms with Crippen LogP contribution in [0.4, 0.5) is 0 Å². The van der Waals surface area contributed by atoms with Gasteiger partial charge in [-0.2, -0.15) is 0 Å². The van der Waals surface area contributed by atoms with E-state index in [4.69, 9.17) is 17.2 Å². The van der Waals surface area contributed by atoms with E-state index in [2.05, 4.69) is 16.0 Å². The Bertz CT molecular complexity index is 614. The van der Waals surface area contributed by atoms with Crippen LogP contribution < -0.4 is 33.2 Å². The molecule has 0 aromatic rings. The van der Waals surface area contributed by atoms with Crippen molar-refractivity contribution in [3.05, 3.63) is 0 Å². The largest absolute Gasteiger partial charge is 0.480 e. The Morgan fingerprint density at radius 3 is 2.00 bits per heavy atom. The second kappa shape index (κ2) is 14.3. The molecule has 0 aliphatic heterocycles. The number of carbonyl (C=O) groups excluding carboxylic acids is 4. The molecule has 0 aromatic carbocycles. The van der Waals surface area contributed by atoms with Crippen LogP contribution in [0.1, 0.15) is 46.0 Å². The average Bonchev–Trinajstić information content (AvgIpc) is 2.69. The Hall–Kier alpha value is -2.73. The molecule has 0 bridgehead atoms. The average molecular weight is 431 g/mol. The molecule has 10 N–H and O–H groups in total. The van der Waals surface area contributed by atoms with Crippen molar-refractivity contribution in [1.29, 1.82) is 0 Å². The van der Waals surface area contributed by atoms with E-state index in [9.17, 15) is 29.1 Å². The minimum absolute atomic E-state index is 0.190. The molecule has 0 rings (SSSR count). The monoisotopic (exact) mass is 430 g/mol. The lowest BCUT2D eigenvalue weighted by Gasteiger charge is -2.27. The maximum absolute atomic E-state index is 12.8. The van der Waals surface area contributed by atoms with E-state index in [-0.39, 0.29) is 18.9 Å². The van der Waals surface area contributed by atoms with Gasteiger partial charge in [0.2, 0.25) is 23.6 Å². The van der Waals surface area contributed by atoms with Crippen molar-refractivity contribution < 1.29 is 29.1 Å². The first-order valence-corrected chi connectivity index (χ1v) is 9.88. The van der Waals surface area contributed by atoms with E-state index in [1.54, 1.807) is 6.92 Å². The summed E-state index contributed by atoms with van der Waals surface area (Å²) in [5.41, 5.74) is 15.8. The SMILES string of the molecule is CCC(C)C(NC(=O)CN)C(=O)NC(CCCCN)C(=O)NC(CC(N)=O)C(=O)O. The molecular weight excluding hydrogens is 396 g/mol. The molecule has 0 aromatic heterocycles. The Balaban J connectivity index is 5.43. The van der Waals surface area contributed by atoms with E-state index in [1.165, 1.54) is 0 Å². The zero-order valence-electron chi connectivity index (χ0n) is 17.5. The molecule has 12 nitrogen and oxygen atoms in total. The molecule has 0 radical (unpaired) electrons. The summed E-state index contributed by atoms with van der Waals surface area (Å²) in [4.78, 5) is 59.4. The molecule has 0 saturated heterocycles. The van der Waals surface area contributed by atoms with E-state index in [1.807, 2.05) is 6.92 Å². The van der Waals surface area contributed by atoms with Crippen LogP contribution in [-0.4, -0.2) is 65.9 Å². The Morgan fingerprint density at radius 2 is 1.53 bits per heavy atom. The highest BCUT2D eigenvalue weighted by Crippen LogP contribution is 2.10. The van der Waals surface area contributed by atoms with Crippen molar-refractivity contribution in [2.24, 2.45) is 23.1 Å². The number of hydrogen-bond donors (Lipinski definition) is 7. The molecule has 4 atom stereocenters. The smallest absolute Gasteiger partial charge is 0.326 e. The van der Waals surface area contributed by atoms with Gasteiger partial charge in [0.25, 0.3) is 0 Å². The van der Waals surface area contributed by atoms with Crippen LogP contribution in [0.15, 0.2) is 0 Å². The number of aliphatic carboxylic acids is 1. The number of nitrogens with one attached hydrogen (secondary N) is 3. The first kappa shape index (κ1) is 27.3. The highest BCUT2D eigenvalue weighted by Gasteiger charge is 2.31. The fourth-order valence-corrected chi connectivity index (χ4v) is 2.63. The van der Waals surface area contributed by atoms with Crippen LogP contribution in [0.3, 0.4) is 0 Å². The summed E-state index contributed by atoms with van der Waals surface area (Å²) in [5, 5.41) is 16.5. The fourth-order valence-electron chi connectivity index (χ4n) is 2.63. The molecular formula is C18H34N6O6. The zero-order valence-corrected chi connectivity index (χ0v) is 17.5. The molecule has 0 aliphatic carbocycles. The van der Waals surface area contributed by atoms with Crippen LogP contribution in [0.5, 0.6) is 0 Å². The third kappa shape index (κ3) is 10.2. The highest BCUT2D eigenvalue weighted by atomic mass is 16.4. The zero-order chi connectivity index (χ0) is 23.3. The maximum Gasteiger partial charge on any atom is 0.326 e. The number of hydrogen-bond acceptors (Lipinski definition) is 7. The Morgan fingerprint density at radius 1 is 0.933 bits per heavy atom. The molecule has 12 heteroatoms. The van der Waals surface area contributed by atoms with Gasteiger partial charge in [0.15, 0.2) is 0 Å². The number of rotatable bonds is 15. The van der Waals surface area contributed by atoms with Gasteiger partial charge >= 0.3 is 5.97 Å². The fraction of sp³-hybridized carbons (Fsp3) is 0.722. The number of amides is 4. The summed E-state index contributed by atoms with van der Waals surface area (Å²) < 4.78 is 0. The predicted octanol–water partition coefficient (Wildman–Crippen LogP) is -2.47. The molecule has 0 saturated carbocycles. The van der Waals surface area contributed by atoms with Crippen molar-refractivity contribution >= 4 is 29.6 Å². The quantitative estimate of drug-likeness (QED) is 0.138. The van der Waals surface area contributed by atoms with Crippen LogP contribution in [0.2, 0.25) is 0 Å². The number of carboxylic acid groups (broad SMARTS) is 1. The summed E-state index contributed by atoms with van der Waals surface area (Å²) in [5.74, 6) is -4.46. The summed E-state index contributed by atoms with van der Waals surface area (Å²) in [6, 6.07) is -3.52. The summed E-state index contributed by atoms with van der Waals surface area (Å²) in [6.45, 7) is 3.68. The number of nitrogens with two attached hydrogens (primary N) is 3. The van der Waals surface area contributed by atoms with Crippen molar-refractivity contribution in [2.45, 2.75) is 64.1 Å². The molecule has 0 fully saturated rings. The van der Waals surface area contributed by atoms with Crippen molar-refractivity contribution in [1.82, 2.24) is 16.0 Å². The van der Waals surface area contributed by atoms with Gasteiger partial charge in [-0.1, -0.05) is 20.3 Å². The van der Waals surface area contributed by atoms with E-state index in [0.29, 0.717) is 25.8 Å². The number of carbonyl (C=O) groups is 5. The van der Waals surface area contributed by atoms with Gasteiger partial charge in [-0.05, 0) is 31.7 Å². The minimum Gasteiger partial charge on any atom is -0.480 e. The summed E-state index contributed by atoms with van der Waals surface area (Å²) >= 11 is 0. The van der Waals surface area contributed by atoms with Gasteiger partial charge in [0.05, 0.1) is 13.0 Å². The Labute approximate surface area is 175 Å². The normalized spacial score (nSPS) is 14.7. The third-order valence-corrected chi connectivity index (χ3v) is 4.60. The first-order valence-electron chi connectivity index (χ1n) is 9.88. The maximum atomic E-state index is 12.8. The minimum atomic E-state index is -1.52. The lowest BCUT2D eigenvalue weighted by Crippen LogP contribution is -2.57. The van der Waals surface area contributed by atoms with Gasteiger partial charge < -0.3 is 38.3 Å². The topological polar surface area (TPSA) is 220 Å². The van der Waals surface area contributed by atoms with Crippen LogP contribution in [-0.2, 0) is 24.0 Å². The van der Waals surface area contributed by atoms with Gasteiger partial charge in [0, 0.05) is 0 Å². The summed E-state index contributed by atoms with van der Waals surface area (Å²) in [7, 11) is 0. The summed E-state index contributed by atoms with van der Waals surface area (Å²) in [6.07, 6.45) is 1.25. The lowest BCUT2D eigenvalue weighted by molar-refractivity contribution is -0.143. The van der Waals surface area contributed by atoms with E-state index < -0.39 is 54.1 Å². The second-order valence-corrected chi connectivity index (χ2v) is 7.05. The molecule has 4 amide bonds. The van der Waals surface area contributed by atoms with Crippen LogP contribution in [0.25, 0.3) is 0 Å². The number of primary amides is 1. The van der Waals surface area contributed by atoms with Gasteiger partial charge in [-0.15, -0.1) is 0 Å². The van der Waals surface area contributed by atoms with Gasteiger partial charge in [0.1, 0.15) is 18.1 Å². The molecule has 4 unspecified atom stereocenters. The van der Waals surface area contributed by atoms with Crippen molar-refractivity contribution in [3.63, 3.8) is 0 Å². The Kier molecular flexibility index (Phi) is 13.0. The highest BCUT2D eigenvalue weighted by molar-refractivity contribution is 5.94. The van der Waals surface area contributed by atoms with E-state index >= 15 is 0 Å². The number of carboxylic acids is 1. The van der Waals surface area contributed by atoms with E-state index in [0.717, 1.165) is 0 Å². The lowest BCUT2D eigenvalue weighted by atomic mass is 9.97. The second-order valence-electron chi connectivity index (χ2n) is 7.05. The standard InChI is InChI=1S/C18H34N6O6/c1-3-10(2)15(24-14(26)9-20)17(28)22-11(6-4-5-7-19)16(27)23-12(18(29)30)8-13(21)25/h10-12,15H,3-9,19-20H2,1-2H3,(H2,21,25)(H,22,28)(H,23,27)(H,24,26)(H,29,30). The first-order chi connectivity index (χ1) is 14.1. The molecule has 0 spiro atoms. The van der Waals surface area contributed by atoms with Crippen molar-refractivity contribution in [3.8, 4) is 0 Å². The van der Waals surface area contributed by atoms with Crippen molar-refractivity contribution in [2.75, 3.05) is 13.1 Å². The molecule has 30 heavy (non-hydrogen) atoms. The van der Waals surface area contributed by atoms with Gasteiger partial charge in [-0.3, -0.25) is 19.2 Å². The van der Waals surface area contributed by atoms with Crippen LogP contribution >= 0.6 is 0 Å². The molecule has 0 heterocycles. The predicted molar refractivity (Wildman–Crippen MR) is 109 cm³/mol. The molecule has 0 aliphatic rings. The third-order valence-electron chi connectivity index (χ3n) is 4.60. The van der Waals surface area contributed by atoms with Gasteiger partial charge in [-0.25, -0.2) is 4.79 Å².